The number of hydrogen-bond donors (Lipinski definition) is 1. The highest BCUT2D eigenvalue weighted by Gasteiger charge is 2.26. The van der Waals surface area contributed by atoms with Crippen molar-refractivity contribution >= 4 is 47.2 Å². The molecular formula is C17H25ClN4O2S. The Kier molecular flexibility index (Phi) is 6.98. The van der Waals surface area contributed by atoms with E-state index in [0.29, 0.717) is 32.2 Å². The van der Waals surface area contributed by atoms with Gasteiger partial charge in [0.1, 0.15) is 5.52 Å². The summed E-state index contributed by atoms with van der Waals surface area (Å²) in [6, 6.07) is 6.23. The van der Waals surface area contributed by atoms with Gasteiger partial charge in [-0.2, -0.15) is 16.7 Å². The normalized spacial score (nSPS) is 16.0. The van der Waals surface area contributed by atoms with Gasteiger partial charge in [-0.15, -0.1) is 12.4 Å². The number of aromatic nitrogens is 1. The van der Waals surface area contributed by atoms with Gasteiger partial charge in [0.15, 0.2) is 5.58 Å². The molecule has 6 nitrogen and oxygen atoms in total. The van der Waals surface area contributed by atoms with Gasteiger partial charge in [-0.05, 0) is 43.0 Å². The summed E-state index contributed by atoms with van der Waals surface area (Å²) in [5.41, 5.74) is 8.84. The molecule has 0 spiro atoms. The highest BCUT2D eigenvalue weighted by Crippen LogP contribution is 2.23. The molecule has 2 N–H and O–H groups in total. The third kappa shape index (κ3) is 4.59. The number of piperazine rings is 1. The Labute approximate surface area is 158 Å². The summed E-state index contributed by atoms with van der Waals surface area (Å²) in [6.45, 7) is 4.78. The van der Waals surface area contributed by atoms with E-state index in [1.165, 1.54) is 0 Å². The molecule has 3 rings (SSSR count). The van der Waals surface area contributed by atoms with Crippen molar-refractivity contribution in [3.63, 3.8) is 0 Å². The van der Waals surface area contributed by atoms with Crippen molar-refractivity contribution in [1.29, 1.82) is 0 Å². The first-order valence-electron chi connectivity index (χ1n) is 8.24. The fraction of sp³-hybridized carbons (Fsp3) is 0.529. The van der Waals surface area contributed by atoms with Gasteiger partial charge in [0.2, 0.25) is 5.91 Å². The summed E-state index contributed by atoms with van der Waals surface area (Å²) >= 11 is 1.71. The Morgan fingerprint density at radius 3 is 2.76 bits per heavy atom. The molecule has 1 saturated heterocycles. The van der Waals surface area contributed by atoms with Crippen LogP contribution in [0.4, 0.5) is 6.01 Å². The lowest BCUT2D eigenvalue weighted by molar-refractivity contribution is -0.132. The molecule has 1 fully saturated rings. The average Bonchev–Trinajstić information content (AvgIpc) is 3.02. The number of halogens is 1. The van der Waals surface area contributed by atoms with Crippen molar-refractivity contribution in [1.82, 2.24) is 9.88 Å². The van der Waals surface area contributed by atoms with Crippen LogP contribution in [-0.2, 0) is 4.79 Å². The Morgan fingerprint density at radius 2 is 2.08 bits per heavy atom. The molecule has 1 aromatic heterocycles. The van der Waals surface area contributed by atoms with Crippen LogP contribution >= 0.6 is 24.2 Å². The molecular weight excluding hydrogens is 360 g/mol. The summed E-state index contributed by atoms with van der Waals surface area (Å²) in [4.78, 5) is 20.9. The largest absolute Gasteiger partial charge is 0.423 e. The van der Waals surface area contributed by atoms with Crippen molar-refractivity contribution in [3.8, 4) is 0 Å². The Bertz CT molecular complexity index is 716. The third-order valence-electron chi connectivity index (χ3n) is 4.34. The second-order valence-electron chi connectivity index (χ2n) is 6.17. The van der Waals surface area contributed by atoms with E-state index < -0.39 is 6.04 Å². The number of nitrogens with zero attached hydrogens (tertiary/aromatic N) is 3. The van der Waals surface area contributed by atoms with Crippen LogP contribution in [0.25, 0.3) is 11.1 Å². The quantitative estimate of drug-likeness (QED) is 0.852. The predicted molar refractivity (Wildman–Crippen MR) is 106 cm³/mol. The molecule has 0 unspecified atom stereocenters. The standard InChI is InChI=1S/C17H24N4O2S.ClH/c1-12-3-4-15-14(11-12)19-17(23-15)21-8-6-20(7-9-21)16(22)13(18)5-10-24-2;/h3-4,11,13H,5-10,18H2,1-2H3;1H/t13-;/m0./s1. The second-order valence-corrected chi connectivity index (χ2v) is 7.15. The number of hydrogen-bond acceptors (Lipinski definition) is 6. The topological polar surface area (TPSA) is 75.6 Å². The number of benzene rings is 1. The van der Waals surface area contributed by atoms with Crippen LogP contribution in [0.3, 0.4) is 0 Å². The number of amides is 1. The number of oxazole rings is 1. The van der Waals surface area contributed by atoms with Gasteiger partial charge >= 0.3 is 0 Å². The minimum Gasteiger partial charge on any atom is -0.423 e. The van der Waals surface area contributed by atoms with Crippen LogP contribution in [0.15, 0.2) is 22.6 Å². The maximum atomic E-state index is 12.4. The lowest BCUT2D eigenvalue weighted by atomic mass is 10.2. The fourth-order valence-electron chi connectivity index (χ4n) is 2.88. The molecule has 1 aliphatic rings. The minimum absolute atomic E-state index is 0. The number of nitrogens with two attached hydrogens (primary N) is 1. The molecule has 1 aromatic carbocycles. The Morgan fingerprint density at radius 1 is 1.36 bits per heavy atom. The number of fused-ring (bicyclic) bond motifs is 1. The monoisotopic (exact) mass is 384 g/mol. The van der Waals surface area contributed by atoms with Crippen LogP contribution in [-0.4, -0.2) is 60.0 Å². The molecule has 0 aliphatic carbocycles. The lowest BCUT2D eigenvalue weighted by Gasteiger charge is -2.35. The summed E-state index contributed by atoms with van der Waals surface area (Å²) in [5, 5.41) is 0. The number of carbonyl (C=O) groups is 1. The number of anilines is 1. The van der Waals surface area contributed by atoms with Crippen molar-refractivity contribution in [2.24, 2.45) is 5.73 Å². The van der Waals surface area contributed by atoms with E-state index in [0.717, 1.165) is 28.8 Å². The second kappa shape index (κ2) is 8.78. The molecule has 1 amide bonds. The highest BCUT2D eigenvalue weighted by atomic mass is 35.5. The first kappa shape index (κ1) is 19.9. The van der Waals surface area contributed by atoms with Crippen molar-refractivity contribution in [2.75, 3.05) is 43.1 Å². The van der Waals surface area contributed by atoms with E-state index in [-0.39, 0.29) is 18.3 Å². The van der Waals surface area contributed by atoms with Crippen molar-refractivity contribution in [3.05, 3.63) is 23.8 Å². The number of aryl methyl sites for hydroxylation is 1. The maximum absolute atomic E-state index is 12.4. The zero-order chi connectivity index (χ0) is 17.1. The highest BCUT2D eigenvalue weighted by molar-refractivity contribution is 7.98. The van der Waals surface area contributed by atoms with E-state index in [2.05, 4.69) is 9.88 Å². The van der Waals surface area contributed by atoms with Crippen molar-refractivity contribution in [2.45, 2.75) is 19.4 Å². The van der Waals surface area contributed by atoms with Crippen LogP contribution < -0.4 is 10.6 Å². The van der Waals surface area contributed by atoms with Gasteiger partial charge in [0.05, 0.1) is 6.04 Å². The van der Waals surface area contributed by atoms with Crippen LogP contribution in [0, 0.1) is 6.92 Å². The SMILES string of the molecule is CSCC[C@H](N)C(=O)N1CCN(c2nc3cc(C)ccc3o2)CC1.Cl. The predicted octanol–water partition coefficient (Wildman–Crippen LogP) is 2.29. The molecule has 25 heavy (non-hydrogen) atoms. The Hall–Kier alpha value is -1.44. The number of rotatable bonds is 5. The molecule has 2 heterocycles. The minimum atomic E-state index is -0.392. The molecule has 1 atom stereocenters. The van der Waals surface area contributed by atoms with Crippen LogP contribution in [0.5, 0.6) is 0 Å². The fourth-order valence-corrected chi connectivity index (χ4v) is 3.37. The van der Waals surface area contributed by atoms with Crippen LogP contribution in [0.2, 0.25) is 0 Å². The average molecular weight is 385 g/mol. The van der Waals surface area contributed by atoms with E-state index in [4.69, 9.17) is 10.2 Å². The van der Waals surface area contributed by atoms with Gasteiger partial charge in [-0.25, -0.2) is 0 Å². The first-order chi connectivity index (χ1) is 11.6. The lowest BCUT2D eigenvalue weighted by Crippen LogP contribution is -2.53. The molecule has 0 saturated carbocycles. The first-order valence-corrected chi connectivity index (χ1v) is 9.63. The summed E-state index contributed by atoms with van der Waals surface area (Å²) < 4.78 is 5.84. The molecule has 1 aliphatic heterocycles. The zero-order valence-corrected chi connectivity index (χ0v) is 16.2. The maximum Gasteiger partial charge on any atom is 0.298 e. The van der Waals surface area contributed by atoms with Crippen molar-refractivity contribution < 1.29 is 9.21 Å². The molecule has 0 bridgehead atoms. The smallest absolute Gasteiger partial charge is 0.298 e. The van der Waals surface area contributed by atoms with Gasteiger partial charge in [-0.3, -0.25) is 4.79 Å². The number of thioether (sulfide) groups is 1. The van der Waals surface area contributed by atoms with E-state index in [1.807, 2.05) is 36.3 Å². The van der Waals surface area contributed by atoms with E-state index >= 15 is 0 Å². The summed E-state index contributed by atoms with van der Waals surface area (Å²) in [7, 11) is 0. The van der Waals surface area contributed by atoms with Gasteiger partial charge in [0.25, 0.3) is 6.01 Å². The zero-order valence-electron chi connectivity index (χ0n) is 14.6. The van der Waals surface area contributed by atoms with Gasteiger partial charge in [0, 0.05) is 26.2 Å². The van der Waals surface area contributed by atoms with E-state index in [1.54, 1.807) is 11.8 Å². The summed E-state index contributed by atoms with van der Waals surface area (Å²) in [6.07, 6.45) is 2.75. The molecule has 0 radical (unpaired) electrons. The Balaban J connectivity index is 0.00000225. The van der Waals surface area contributed by atoms with Crippen LogP contribution in [0.1, 0.15) is 12.0 Å². The van der Waals surface area contributed by atoms with Gasteiger partial charge in [-0.1, -0.05) is 6.07 Å². The summed E-state index contributed by atoms with van der Waals surface area (Å²) in [5.74, 6) is 0.965. The molecule has 138 valence electrons. The molecule has 2 aromatic rings. The molecule has 8 heteroatoms. The third-order valence-corrected chi connectivity index (χ3v) is 4.99. The van der Waals surface area contributed by atoms with Gasteiger partial charge < -0.3 is 20.0 Å². The van der Waals surface area contributed by atoms with E-state index in [9.17, 15) is 4.79 Å². The number of carbonyl (C=O) groups excluding carboxylic acids is 1.